The van der Waals surface area contributed by atoms with Crippen LogP contribution in [0.15, 0.2) is 24.3 Å². The molecule has 1 aliphatic rings. The Morgan fingerprint density at radius 3 is 2.60 bits per heavy atom. The number of fused-ring (bicyclic) bond motifs is 1. The van der Waals surface area contributed by atoms with Gasteiger partial charge < -0.3 is 9.72 Å². The van der Waals surface area contributed by atoms with Gasteiger partial charge in [-0.25, -0.2) is 4.79 Å². The van der Waals surface area contributed by atoms with Gasteiger partial charge in [0.2, 0.25) is 0 Å². The van der Waals surface area contributed by atoms with Crippen molar-refractivity contribution < 1.29 is 14.3 Å². The first-order valence-electron chi connectivity index (χ1n) is 8.74. The van der Waals surface area contributed by atoms with E-state index in [-0.39, 0.29) is 17.7 Å². The molecule has 0 saturated heterocycles. The van der Waals surface area contributed by atoms with Gasteiger partial charge in [0.15, 0.2) is 5.78 Å². The third kappa shape index (κ3) is 3.49. The van der Waals surface area contributed by atoms with Crippen LogP contribution in [0.3, 0.4) is 0 Å². The molecule has 0 saturated carbocycles. The van der Waals surface area contributed by atoms with Crippen molar-refractivity contribution >= 4 is 23.4 Å². The van der Waals surface area contributed by atoms with Gasteiger partial charge in [0.05, 0.1) is 6.61 Å². The first-order valence-corrected chi connectivity index (χ1v) is 9.12. The van der Waals surface area contributed by atoms with Crippen molar-refractivity contribution in [3.05, 3.63) is 57.4 Å². The molecule has 1 aliphatic carbocycles. The maximum Gasteiger partial charge on any atom is 0.355 e. The molecule has 0 aliphatic heterocycles. The predicted octanol–water partition coefficient (Wildman–Crippen LogP) is 4.71. The highest BCUT2D eigenvalue weighted by atomic mass is 35.5. The van der Waals surface area contributed by atoms with Gasteiger partial charge in [-0.2, -0.15) is 0 Å². The minimum absolute atomic E-state index is 0.0939. The number of benzene rings is 1. The van der Waals surface area contributed by atoms with E-state index in [9.17, 15) is 9.59 Å². The molecule has 1 aromatic heterocycles. The van der Waals surface area contributed by atoms with Gasteiger partial charge in [0.1, 0.15) is 5.69 Å². The van der Waals surface area contributed by atoms with Crippen molar-refractivity contribution in [3.63, 3.8) is 0 Å². The number of aromatic amines is 1. The molecule has 5 heteroatoms. The van der Waals surface area contributed by atoms with Crippen LogP contribution in [0.1, 0.15) is 70.3 Å². The van der Waals surface area contributed by atoms with Gasteiger partial charge in [-0.15, -0.1) is 0 Å². The molecule has 0 bridgehead atoms. The Bertz CT molecular complexity index is 792. The SMILES string of the molecule is CCCc1c(C(=O)OCC)[nH]c2c1C(=O)C[C@@H](c1ccc(Cl)cc1)C2. The maximum atomic E-state index is 12.8. The number of carbonyl (C=O) groups excluding carboxylic acids is 2. The van der Waals surface area contributed by atoms with Gasteiger partial charge in [-0.05, 0) is 48.9 Å². The summed E-state index contributed by atoms with van der Waals surface area (Å²) < 4.78 is 5.16. The molecule has 132 valence electrons. The summed E-state index contributed by atoms with van der Waals surface area (Å²) in [6.07, 6.45) is 2.71. The lowest BCUT2D eigenvalue weighted by Gasteiger charge is -2.22. The van der Waals surface area contributed by atoms with E-state index >= 15 is 0 Å². The van der Waals surface area contributed by atoms with Gasteiger partial charge in [0, 0.05) is 22.7 Å². The summed E-state index contributed by atoms with van der Waals surface area (Å²) in [6.45, 7) is 4.13. The minimum atomic E-state index is -0.379. The first-order chi connectivity index (χ1) is 12.0. The average Bonchev–Trinajstić information content (AvgIpc) is 2.95. The van der Waals surface area contributed by atoms with Gasteiger partial charge in [-0.3, -0.25) is 4.79 Å². The normalized spacial score (nSPS) is 16.6. The molecule has 25 heavy (non-hydrogen) atoms. The third-order valence-electron chi connectivity index (χ3n) is 4.66. The summed E-state index contributed by atoms with van der Waals surface area (Å²) in [5.74, 6) is -0.187. The summed E-state index contributed by atoms with van der Waals surface area (Å²) in [6, 6.07) is 7.62. The second-order valence-corrected chi connectivity index (χ2v) is 6.82. The monoisotopic (exact) mass is 359 g/mol. The van der Waals surface area contributed by atoms with Crippen LogP contribution < -0.4 is 0 Å². The Labute approximate surface area is 152 Å². The number of hydrogen-bond acceptors (Lipinski definition) is 3. The molecule has 0 unspecified atom stereocenters. The Morgan fingerprint density at radius 1 is 1.24 bits per heavy atom. The van der Waals surface area contributed by atoms with Crippen LogP contribution in [-0.2, 0) is 17.6 Å². The fourth-order valence-electron chi connectivity index (χ4n) is 3.58. The van der Waals surface area contributed by atoms with Gasteiger partial charge in [-0.1, -0.05) is 37.1 Å². The Morgan fingerprint density at radius 2 is 1.96 bits per heavy atom. The lowest BCUT2D eigenvalue weighted by Crippen LogP contribution is -2.19. The molecule has 0 amide bonds. The van der Waals surface area contributed by atoms with Crippen LogP contribution in [-0.4, -0.2) is 23.3 Å². The third-order valence-corrected chi connectivity index (χ3v) is 4.92. The zero-order chi connectivity index (χ0) is 18.0. The summed E-state index contributed by atoms with van der Waals surface area (Å²) in [7, 11) is 0. The van der Waals surface area contributed by atoms with Crippen molar-refractivity contribution in [3.8, 4) is 0 Å². The maximum absolute atomic E-state index is 12.8. The summed E-state index contributed by atoms with van der Waals surface area (Å²) in [4.78, 5) is 28.3. The zero-order valence-corrected chi connectivity index (χ0v) is 15.3. The number of rotatable bonds is 5. The smallest absolute Gasteiger partial charge is 0.355 e. The molecule has 0 radical (unpaired) electrons. The summed E-state index contributed by atoms with van der Waals surface area (Å²) in [5, 5.41) is 0.682. The van der Waals surface area contributed by atoms with E-state index < -0.39 is 0 Å². The van der Waals surface area contributed by atoms with Crippen LogP contribution in [0, 0.1) is 0 Å². The summed E-state index contributed by atoms with van der Waals surface area (Å²) in [5.41, 5.74) is 3.90. The number of carbonyl (C=O) groups is 2. The van der Waals surface area contributed by atoms with Crippen molar-refractivity contribution in [2.45, 2.75) is 45.4 Å². The fourth-order valence-corrected chi connectivity index (χ4v) is 3.70. The van der Waals surface area contributed by atoms with Crippen LogP contribution in [0.4, 0.5) is 0 Å². The molecular weight excluding hydrogens is 338 g/mol. The van der Waals surface area contributed by atoms with E-state index in [1.165, 1.54) is 0 Å². The highest BCUT2D eigenvalue weighted by Crippen LogP contribution is 2.36. The highest BCUT2D eigenvalue weighted by molar-refractivity contribution is 6.30. The van der Waals surface area contributed by atoms with Crippen molar-refractivity contribution in [1.29, 1.82) is 0 Å². The largest absolute Gasteiger partial charge is 0.461 e. The number of Topliss-reactive ketones (excluding diaryl/α,β-unsaturated/α-hetero) is 1. The Hall–Kier alpha value is -2.07. The standard InChI is InChI=1S/C20H22ClNO3/c1-3-5-15-18-16(22-19(15)20(24)25-4-2)10-13(11-17(18)23)12-6-8-14(21)9-7-12/h6-9,13,22H,3-5,10-11H2,1-2H3/t13-/m0/s1. The van der Waals surface area contributed by atoms with E-state index in [1.807, 2.05) is 31.2 Å². The molecule has 1 atom stereocenters. The zero-order valence-electron chi connectivity index (χ0n) is 14.5. The van der Waals surface area contributed by atoms with Crippen molar-refractivity contribution in [2.75, 3.05) is 6.61 Å². The minimum Gasteiger partial charge on any atom is -0.461 e. The fraction of sp³-hybridized carbons (Fsp3) is 0.400. The number of esters is 1. The number of aromatic nitrogens is 1. The molecular formula is C20H22ClNO3. The van der Waals surface area contributed by atoms with Crippen LogP contribution in [0.5, 0.6) is 0 Å². The quantitative estimate of drug-likeness (QED) is 0.786. The van der Waals surface area contributed by atoms with Crippen molar-refractivity contribution in [1.82, 2.24) is 4.98 Å². The summed E-state index contributed by atoms with van der Waals surface area (Å²) >= 11 is 5.96. The lowest BCUT2D eigenvalue weighted by atomic mass is 9.81. The van der Waals surface area contributed by atoms with Crippen LogP contribution in [0.25, 0.3) is 0 Å². The topological polar surface area (TPSA) is 59.2 Å². The molecule has 1 aromatic carbocycles. The molecule has 1 heterocycles. The molecule has 0 fully saturated rings. The predicted molar refractivity (Wildman–Crippen MR) is 97.6 cm³/mol. The van der Waals surface area contributed by atoms with Gasteiger partial charge in [0.25, 0.3) is 0 Å². The van der Waals surface area contributed by atoms with Crippen LogP contribution >= 0.6 is 11.6 Å². The van der Waals surface area contributed by atoms with E-state index in [4.69, 9.17) is 16.3 Å². The van der Waals surface area contributed by atoms with E-state index in [1.54, 1.807) is 6.92 Å². The van der Waals surface area contributed by atoms with Crippen LogP contribution in [0.2, 0.25) is 5.02 Å². The average molecular weight is 360 g/mol. The number of H-pyrrole nitrogens is 1. The number of nitrogens with one attached hydrogen (secondary N) is 1. The number of halogens is 1. The van der Waals surface area contributed by atoms with Crippen molar-refractivity contribution in [2.24, 2.45) is 0 Å². The van der Waals surface area contributed by atoms with Gasteiger partial charge >= 0.3 is 5.97 Å². The number of hydrogen-bond donors (Lipinski definition) is 1. The Balaban J connectivity index is 1.98. The number of ether oxygens (including phenoxy) is 1. The Kier molecular flexibility index (Phi) is 5.28. The van der Waals surface area contributed by atoms with E-state index in [0.717, 1.165) is 23.2 Å². The molecule has 4 nitrogen and oxygen atoms in total. The highest BCUT2D eigenvalue weighted by Gasteiger charge is 2.33. The second-order valence-electron chi connectivity index (χ2n) is 6.38. The molecule has 1 N–H and O–H groups in total. The van der Waals surface area contributed by atoms with E-state index in [2.05, 4.69) is 4.98 Å². The lowest BCUT2D eigenvalue weighted by molar-refractivity contribution is 0.0518. The number of ketones is 1. The first kappa shape index (κ1) is 17.7. The van der Waals surface area contributed by atoms with E-state index in [0.29, 0.717) is 42.1 Å². The second kappa shape index (κ2) is 7.44. The molecule has 3 rings (SSSR count). The molecule has 2 aromatic rings. The molecule has 0 spiro atoms.